The van der Waals surface area contributed by atoms with Gasteiger partial charge in [0.15, 0.2) is 5.92 Å². The van der Waals surface area contributed by atoms with E-state index in [4.69, 9.17) is 0 Å². The Morgan fingerprint density at radius 1 is 1.00 bits per heavy atom. The zero-order chi connectivity index (χ0) is 21.4. The number of methoxy groups -OCH3 is 2. The van der Waals surface area contributed by atoms with Gasteiger partial charge in [0, 0.05) is 12.8 Å². The molecule has 1 rings (SSSR count). The molecule has 28 heavy (non-hydrogen) atoms. The number of hydrogen-bond donors (Lipinski definition) is 3. The van der Waals surface area contributed by atoms with E-state index in [0.717, 1.165) is 14.2 Å². The summed E-state index contributed by atoms with van der Waals surface area (Å²) in [7, 11) is 2.09. The van der Waals surface area contributed by atoms with Gasteiger partial charge in [0.1, 0.15) is 6.04 Å². The van der Waals surface area contributed by atoms with E-state index in [-0.39, 0.29) is 11.3 Å². The minimum Gasteiger partial charge on any atom is -0.480 e. The third-order valence-corrected chi connectivity index (χ3v) is 4.00. The molecule has 0 spiro atoms. The number of esters is 2. The van der Waals surface area contributed by atoms with Gasteiger partial charge in [-0.2, -0.15) is 0 Å². The van der Waals surface area contributed by atoms with Crippen LogP contribution in [0.4, 0.5) is 5.69 Å². The van der Waals surface area contributed by atoms with E-state index in [1.54, 1.807) is 6.07 Å². The van der Waals surface area contributed by atoms with Gasteiger partial charge in [0.05, 0.1) is 25.5 Å². The SMILES string of the molecule is COC(=O)C(C(=O)OC)[C@@H](C)[C@@H](NC(=O)c1ccccc1NC(C)=O)C(=O)O. The smallest absolute Gasteiger partial charge is 0.326 e. The maximum absolute atomic E-state index is 12.6. The highest BCUT2D eigenvalue weighted by Gasteiger charge is 2.42. The summed E-state index contributed by atoms with van der Waals surface area (Å²) in [5.41, 5.74) is 0.200. The van der Waals surface area contributed by atoms with Crippen molar-refractivity contribution in [1.29, 1.82) is 0 Å². The molecule has 0 radical (unpaired) electrons. The lowest BCUT2D eigenvalue weighted by atomic mass is 9.87. The van der Waals surface area contributed by atoms with Gasteiger partial charge in [-0.05, 0) is 12.1 Å². The number of amides is 2. The second-order valence-electron chi connectivity index (χ2n) is 5.90. The van der Waals surface area contributed by atoms with Crippen LogP contribution in [0.1, 0.15) is 24.2 Å². The van der Waals surface area contributed by atoms with Crippen LogP contribution in [0.2, 0.25) is 0 Å². The van der Waals surface area contributed by atoms with Gasteiger partial charge in [-0.15, -0.1) is 0 Å². The largest absolute Gasteiger partial charge is 0.480 e. The maximum atomic E-state index is 12.6. The van der Waals surface area contributed by atoms with Crippen molar-refractivity contribution in [2.24, 2.45) is 11.8 Å². The molecule has 0 aromatic heterocycles. The molecule has 0 heterocycles. The average Bonchev–Trinajstić information content (AvgIpc) is 2.65. The Balaban J connectivity index is 3.18. The molecular weight excluding hydrogens is 372 g/mol. The summed E-state index contributed by atoms with van der Waals surface area (Å²) in [6.45, 7) is 2.56. The first-order chi connectivity index (χ1) is 13.1. The fraction of sp³-hybridized carbons (Fsp3) is 0.389. The van der Waals surface area contributed by atoms with Crippen molar-refractivity contribution in [3.05, 3.63) is 29.8 Å². The molecule has 1 aromatic carbocycles. The van der Waals surface area contributed by atoms with Crippen molar-refractivity contribution >= 4 is 35.4 Å². The molecule has 10 heteroatoms. The second kappa shape index (κ2) is 10.0. The van der Waals surface area contributed by atoms with Crippen molar-refractivity contribution in [3.8, 4) is 0 Å². The number of carbonyl (C=O) groups excluding carboxylic acids is 4. The van der Waals surface area contributed by atoms with Crippen LogP contribution in [-0.4, -0.2) is 55.1 Å². The van der Waals surface area contributed by atoms with E-state index < -0.39 is 47.6 Å². The van der Waals surface area contributed by atoms with Crippen LogP contribution < -0.4 is 10.6 Å². The molecular formula is C18H22N2O8. The number of anilines is 1. The van der Waals surface area contributed by atoms with Crippen LogP contribution in [0, 0.1) is 11.8 Å². The molecule has 0 aliphatic rings. The number of ether oxygens (including phenoxy) is 2. The summed E-state index contributed by atoms with van der Waals surface area (Å²) in [4.78, 5) is 59.5. The first kappa shape index (κ1) is 22.6. The third kappa shape index (κ3) is 5.53. The van der Waals surface area contributed by atoms with Crippen molar-refractivity contribution in [1.82, 2.24) is 5.32 Å². The Kier molecular flexibility index (Phi) is 8.11. The zero-order valence-electron chi connectivity index (χ0n) is 15.8. The minimum atomic E-state index is -1.61. The van der Waals surface area contributed by atoms with E-state index >= 15 is 0 Å². The molecule has 0 bridgehead atoms. The Labute approximate surface area is 161 Å². The van der Waals surface area contributed by atoms with Crippen LogP contribution in [-0.2, 0) is 28.7 Å². The average molecular weight is 394 g/mol. The maximum Gasteiger partial charge on any atom is 0.326 e. The fourth-order valence-corrected chi connectivity index (χ4v) is 2.59. The molecule has 2 atom stereocenters. The van der Waals surface area contributed by atoms with Crippen LogP contribution in [0.25, 0.3) is 0 Å². The number of para-hydroxylation sites is 1. The van der Waals surface area contributed by atoms with Crippen LogP contribution in [0.3, 0.4) is 0 Å². The monoisotopic (exact) mass is 394 g/mol. The molecule has 0 saturated carbocycles. The first-order valence-corrected chi connectivity index (χ1v) is 8.20. The minimum absolute atomic E-state index is 0.0174. The van der Waals surface area contributed by atoms with Crippen LogP contribution in [0.5, 0.6) is 0 Å². The predicted octanol–water partition coefficient (Wildman–Crippen LogP) is 0.426. The number of rotatable bonds is 8. The molecule has 2 amide bonds. The van der Waals surface area contributed by atoms with E-state index in [2.05, 4.69) is 20.1 Å². The van der Waals surface area contributed by atoms with Gasteiger partial charge in [0.25, 0.3) is 5.91 Å². The highest BCUT2D eigenvalue weighted by atomic mass is 16.5. The molecule has 3 N–H and O–H groups in total. The van der Waals surface area contributed by atoms with E-state index in [0.29, 0.717) is 0 Å². The standard InChI is InChI=1S/C18H22N2O8/c1-9(13(17(25)27-3)18(26)28-4)14(16(23)24)20-15(22)11-7-5-6-8-12(11)19-10(2)21/h5-9,13-14H,1-4H3,(H,19,21)(H,20,22)(H,23,24)/t9-,14-/m1/s1. The summed E-state index contributed by atoms with van der Waals surface area (Å²) in [5, 5.41) is 14.3. The molecule has 1 aromatic rings. The molecule has 0 unspecified atom stereocenters. The lowest BCUT2D eigenvalue weighted by Gasteiger charge is -2.26. The topological polar surface area (TPSA) is 148 Å². The molecule has 10 nitrogen and oxygen atoms in total. The van der Waals surface area contributed by atoms with Crippen LogP contribution >= 0.6 is 0 Å². The Hall–Kier alpha value is -3.43. The molecule has 152 valence electrons. The molecule has 0 aliphatic heterocycles. The van der Waals surface area contributed by atoms with Crippen molar-refractivity contribution in [2.45, 2.75) is 19.9 Å². The lowest BCUT2D eigenvalue weighted by molar-refractivity contribution is -0.162. The summed E-state index contributed by atoms with van der Waals surface area (Å²) in [6, 6.07) is 4.37. The summed E-state index contributed by atoms with van der Waals surface area (Å²) < 4.78 is 9.09. The van der Waals surface area contributed by atoms with E-state index in [1.807, 2.05) is 0 Å². The second-order valence-corrected chi connectivity index (χ2v) is 5.90. The lowest BCUT2D eigenvalue weighted by Crippen LogP contribution is -2.50. The number of benzene rings is 1. The number of carbonyl (C=O) groups is 5. The summed E-state index contributed by atoms with van der Waals surface area (Å²) in [6.07, 6.45) is 0. The Bertz CT molecular complexity index is 761. The van der Waals surface area contributed by atoms with E-state index in [1.165, 1.54) is 32.0 Å². The third-order valence-electron chi connectivity index (χ3n) is 4.00. The van der Waals surface area contributed by atoms with Gasteiger partial charge in [-0.3, -0.25) is 19.2 Å². The van der Waals surface area contributed by atoms with Crippen LogP contribution in [0.15, 0.2) is 24.3 Å². The normalized spacial score (nSPS) is 12.5. The number of hydrogen-bond acceptors (Lipinski definition) is 7. The van der Waals surface area contributed by atoms with Gasteiger partial charge in [-0.1, -0.05) is 19.1 Å². The van der Waals surface area contributed by atoms with Crippen molar-refractivity contribution in [3.63, 3.8) is 0 Å². The Morgan fingerprint density at radius 3 is 2.00 bits per heavy atom. The number of carboxylic acid groups (broad SMARTS) is 1. The fourth-order valence-electron chi connectivity index (χ4n) is 2.59. The van der Waals surface area contributed by atoms with Crippen molar-refractivity contribution < 1.29 is 38.6 Å². The summed E-state index contributed by atoms with van der Waals surface area (Å²) >= 11 is 0. The molecule has 0 fully saturated rings. The quantitative estimate of drug-likeness (QED) is 0.424. The zero-order valence-corrected chi connectivity index (χ0v) is 15.8. The number of carboxylic acids is 1. The highest BCUT2D eigenvalue weighted by Crippen LogP contribution is 2.21. The van der Waals surface area contributed by atoms with E-state index in [9.17, 15) is 29.1 Å². The van der Waals surface area contributed by atoms with Gasteiger partial charge < -0.3 is 25.2 Å². The van der Waals surface area contributed by atoms with Gasteiger partial charge in [-0.25, -0.2) is 4.79 Å². The van der Waals surface area contributed by atoms with Gasteiger partial charge in [0.2, 0.25) is 5.91 Å². The van der Waals surface area contributed by atoms with Gasteiger partial charge >= 0.3 is 17.9 Å². The predicted molar refractivity (Wildman–Crippen MR) is 96.3 cm³/mol. The Morgan fingerprint density at radius 2 is 1.54 bits per heavy atom. The molecule has 0 saturated heterocycles. The number of aliphatic carboxylic acids is 1. The molecule has 0 aliphatic carbocycles. The highest BCUT2D eigenvalue weighted by molar-refractivity contribution is 6.04. The summed E-state index contributed by atoms with van der Waals surface area (Å²) in [5.74, 6) is -7.40. The first-order valence-electron chi connectivity index (χ1n) is 8.20. The van der Waals surface area contributed by atoms with Crippen molar-refractivity contribution in [2.75, 3.05) is 19.5 Å². The number of nitrogens with one attached hydrogen (secondary N) is 2.